The molecular weight excluding hydrogens is 380 g/mol. The van der Waals surface area contributed by atoms with Crippen LogP contribution in [0.3, 0.4) is 0 Å². The van der Waals surface area contributed by atoms with Crippen molar-refractivity contribution in [2.75, 3.05) is 7.05 Å². The van der Waals surface area contributed by atoms with Crippen LogP contribution in [0.25, 0.3) is 21.3 Å². The summed E-state index contributed by atoms with van der Waals surface area (Å²) in [6.07, 6.45) is 0. The summed E-state index contributed by atoms with van der Waals surface area (Å²) in [6, 6.07) is 7.63. The number of halogens is 1. The Bertz CT molecular complexity index is 1020. The standard InChI is InChI=1S/C14H11BrN6OS/c1-21(6-7-2-3-9-10(4-7)17-20-16-9)14(22)11-5-8-12(15)18-19-13(8)23-11/h2-5H,6H2,1H3,(H,18,19)(H,16,17,20). The maximum atomic E-state index is 12.6. The summed E-state index contributed by atoms with van der Waals surface area (Å²) < 4.78 is 0.793. The number of carbonyl (C=O) groups is 1. The Kier molecular flexibility index (Phi) is 3.38. The fourth-order valence-electron chi connectivity index (χ4n) is 2.41. The minimum absolute atomic E-state index is 0.0276. The molecule has 0 fully saturated rings. The first-order valence-electron chi connectivity index (χ1n) is 6.80. The van der Waals surface area contributed by atoms with Crippen LogP contribution >= 0.6 is 27.3 Å². The first-order valence-corrected chi connectivity index (χ1v) is 8.41. The normalized spacial score (nSPS) is 11.4. The van der Waals surface area contributed by atoms with Gasteiger partial charge in [-0.2, -0.15) is 20.5 Å². The molecule has 0 aliphatic carbocycles. The summed E-state index contributed by atoms with van der Waals surface area (Å²) in [4.78, 5) is 15.8. The van der Waals surface area contributed by atoms with Gasteiger partial charge in [-0.05, 0) is 39.7 Å². The van der Waals surface area contributed by atoms with Crippen molar-refractivity contribution in [2.45, 2.75) is 6.54 Å². The van der Waals surface area contributed by atoms with E-state index < -0.39 is 0 Å². The zero-order valence-electron chi connectivity index (χ0n) is 12.0. The van der Waals surface area contributed by atoms with Crippen LogP contribution in [0.2, 0.25) is 0 Å². The Balaban J connectivity index is 1.57. The molecular formula is C14H11BrN6OS. The number of amides is 1. The molecule has 1 amide bonds. The monoisotopic (exact) mass is 390 g/mol. The Morgan fingerprint density at radius 1 is 1.26 bits per heavy atom. The van der Waals surface area contributed by atoms with Gasteiger partial charge in [0, 0.05) is 19.0 Å². The van der Waals surface area contributed by atoms with Crippen molar-refractivity contribution in [3.8, 4) is 0 Å². The van der Waals surface area contributed by atoms with Crippen LogP contribution in [-0.4, -0.2) is 43.5 Å². The van der Waals surface area contributed by atoms with E-state index in [4.69, 9.17) is 0 Å². The van der Waals surface area contributed by atoms with E-state index in [9.17, 15) is 4.79 Å². The second-order valence-electron chi connectivity index (χ2n) is 5.17. The topological polar surface area (TPSA) is 90.6 Å². The minimum Gasteiger partial charge on any atom is -0.337 e. The van der Waals surface area contributed by atoms with Gasteiger partial charge in [-0.15, -0.1) is 11.3 Å². The van der Waals surface area contributed by atoms with Crippen molar-refractivity contribution >= 4 is 54.4 Å². The highest BCUT2D eigenvalue weighted by atomic mass is 79.9. The number of rotatable bonds is 3. The summed E-state index contributed by atoms with van der Waals surface area (Å²) >= 11 is 4.77. The number of H-pyrrole nitrogens is 2. The van der Waals surface area contributed by atoms with Gasteiger partial charge in [0.25, 0.3) is 5.91 Å². The molecule has 9 heteroatoms. The van der Waals surface area contributed by atoms with Gasteiger partial charge in [-0.1, -0.05) is 6.07 Å². The zero-order valence-corrected chi connectivity index (χ0v) is 14.4. The molecule has 0 saturated carbocycles. The lowest BCUT2D eigenvalue weighted by Gasteiger charge is -2.16. The van der Waals surface area contributed by atoms with Gasteiger partial charge >= 0.3 is 0 Å². The van der Waals surface area contributed by atoms with E-state index in [0.717, 1.165) is 31.4 Å². The molecule has 0 saturated heterocycles. The number of nitrogens with zero attached hydrogens (tertiary/aromatic N) is 4. The number of benzene rings is 1. The molecule has 0 unspecified atom stereocenters. The van der Waals surface area contributed by atoms with Gasteiger partial charge in [0.15, 0.2) is 0 Å². The molecule has 0 atom stereocenters. The number of hydrogen-bond acceptors (Lipinski definition) is 5. The molecule has 0 spiro atoms. The average Bonchev–Trinajstić information content (AvgIpc) is 3.23. The molecule has 116 valence electrons. The number of hydrogen-bond donors (Lipinski definition) is 2. The highest BCUT2D eigenvalue weighted by Gasteiger charge is 2.18. The third-order valence-corrected chi connectivity index (χ3v) is 5.18. The largest absolute Gasteiger partial charge is 0.337 e. The predicted octanol–water partition coefficient (Wildman–Crippen LogP) is 2.93. The molecule has 0 aliphatic heterocycles. The highest BCUT2D eigenvalue weighted by Crippen LogP contribution is 2.30. The smallest absolute Gasteiger partial charge is 0.264 e. The third-order valence-electron chi connectivity index (χ3n) is 3.56. The number of nitrogens with one attached hydrogen (secondary N) is 2. The minimum atomic E-state index is -0.0276. The van der Waals surface area contributed by atoms with Crippen LogP contribution in [0, 0.1) is 0 Å². The fraction of sp³-hybridized carbons (Fsp3) is 0.143. The summed E-state index contributed by atoms with van der Waals surface area (Å²) in [7, 11) is 1.79. The molecule has 0 bridgehead atoms. The SMILES string of the molecule is CN(Cc1ccc2n[nH]nc2c1)C(=O)c1cc2c(Br)[nH]nc2s1. The van der Waals surface area contributed by atoms with Crippen LogP contribution in [0.1, 0.15) is 15.2 Å². The Morgan fingerprint density at radius 2 is 2.09 bits per heavy atom. The van der Waals surface area contributed by atoms with Crippen molar-refractivity contribution in [3.63, 3.8) is 0 Å². The van der Waals surface area contributed by atoms with Gasteiger partial charge in [-0.25, -0.2) is 0 Å². The number of thiophene rings is 1. The molecule has 4 aromatic rings. The summed E-state index contributed by atoms with van der Waals surface area (Å²) in [5, 5.41) is 18.6. The van der Waals surface area contributed by atoms with Gasteiger partial charge in [-0.3, -0.25) is 9.89 Å². The molecule has 3 aromatic heterocycles. The molecule has 0 aliphatic rings. The Morgan fingerprint density at radius 3 is 2.91 bits per heavy atom. The van der Waals surface area contributed by atoms with Crippen LogP contribution < -0.4 is 0 Å². The lowest BCUT2D eigenvalue weighted by Crippen LogP contribution is -2.25. The van der Waals surface area contributed by atoms with Crippen LogP contribution in [0.5, 0.6) is 0 Å². The maximum Gasteiger partial charge on any atom is 0.264 e. The first-order chi connectivity index (χ1) is 11.1. The third kappa shape index (κ3) is 2.51. The number of carbonyl (C=O) groups excluding carboxylic acids is 1. The highest BCUT2D eigenvalue weighted by molar-refractivity contribution is 9.10. The van der Waals surface area contributed by atoms with E-state index in [1.807, 2.05) is 24.3 Å². The maximum absolute atomic E-state index is 12.6. The Labute approximate surface area is 142 Å². The van der Waals surface area contributed by atoms with Crippen molar-refractivity contribution in [3.05, 3.63) is 39.3 Å². The second-order valence-corrected chi connectivity index (χ2v) is 7.00. The van der Waals surface area contributed by atoms with Crippen molar-refractivity contribution in [2.24, 2.45) is 0 Å². The number of aromatic amines is 2. The summed E-state index contributed by atoms with van der Waals surface area (Å²) in [6.45, 7) is 0.504. The molecule has 7 nitrogen and oxygen atoms in total. The summed E-state index contributed by atoms with van der Waals surface area (Å²) in [5.74, 6) is -0.0276. The fourth-order valence-corrected chi connectivity index (χ4v) is 3.92. The second kappa shape index (κ2) is 5.43. The number of aromatic nitrogens is 5. The average molecular weight is 391 g/mol. The van der Waals surface area contributed by atoms with E-state index in [1.54, 1.807) is 11.9 Å². The van der Waals surface area contributed by atoms with Crippen LogP contribution in [0.4, 0.5) is 0 Å². The zero-order chi connectivity index (χ0) is 16.0. The predicted molar refractivity (Wildman–Crippen MR) is 91.4 cm³/mol. The van der Waals surface area contributed by atoms with Gasteiger partial charge < -0.3 is 4.90 Å². The van der Waals surface area contributed by atoms with Crippen molar-refractivity contribution in [1.29, 1.82) is 0 Å². The van der Waals surface area contributed by atoms with Crippen molar-refractivity contribution in [1.82, 2.24) is 30.5 Å². The lowest BCUT2D eigenvalue weighted by atomic mass is 10.2. The molecule has 23 heavy (non-hydrogen) atoms. The molecule has 2 N–H and O–H groups in total. The summed E-state index contributed by atoms with van der Waals surface area (Å²) in [5.41, 5.74) is 2.61. The molecule has 4 rings (SSSR count). The van der Waals surface area contributed by atoms with E-state index in [2.05, 4.69) is 41.5 Å². The quantitative estimate of drug-likeness (QED) is 0.562. The number of fused-ring (bicyclic) bond motifs is 2. The first kappa shape index (κ1) is 14.3. The van der Waals surface area contributed by atoms with E-state index in [-0.39, 0.29) is 5.91 Å². The molecule has 1 aromatic carbocycles. The molecule has 0 radical (unpaired) electrons. The van der Waals surface area contributed by atoms with E-state index in [0.29, 0.717) is 11.4 Å². The van der Waals surface area contributed by atoms with Crippen LogP contribution in [0.15, 0.2) is 28.9 Å². The van der Waals surface area contributed by atoms with Crippen molar-refractivity contribution < 1.29 is 4.79 Å². The van der Waals surface area contributed by atoms with Gasteiger partial charge in [0.05, 0.1) is 4.88 Å². The Hall–Kier alpha value is -2.26. The van der Waals surface area contributed by atoms with Gasteiger partial charge in [0.2, 0.25) is 0 Å². The van der Waals surface area contributed by atoms with Crippen LogP contribution in [-0.2, 0) is 6.54 Å². The van der Waals surface area contributed by atoms with E-state index >= 15 is 0 Å². The van der Waals surface area contributed by atoms with Gasteiger partial charge in [0.1, 0.15) is 20.5 Å². The van der Waals surface area contributed by atoms with E-state index in [1.165, 1.54) is 11.3 Å². The lowest BCUT2D eigenvalue weighted by molar-refractivity contribution is 0.0790. The molecule has 3 heterocycles.